The van der Waals surface area contributed by atoms with Gasteiger partial charge in [0.1, 0.15) is 0 Å². The lowest BCUT2D eigenvalue weighted by Crippen LogP contribution is -2.43. The first kappa shape index (κ1) is 14.8. The number of amides is 2. The Morgan fingerprint density at radius 3 is 2.65 bits per heavy atom. The molecule has 1 aliphatic carbocycles. The van der Waals surface area contributed by atoms with Gasteiger partial charge in [0.05, 0.1) is 23.2 Å². The number of carboxylic acids is 1. The predicted molar refractivity (Wildman–Crippen MR) is 75.6 cm³/mol. The number of aromatic nitrogens is 1. The summed E-state index contributed by atoms with van der Waals surface area (Å²) in [6, 6.07) is -0.141. The van der Waals surface area contributed by atoms with E-state index in [2.05, 4.69) is 15.6 Å². The maximum absolute atomic E-state index is 11.7. The quantitative estimate of drug-likeness (QED) is 0.791. The average Bonchev–Trinajstić information content (AvgIpc) is 2.83. The number of nitrogens with zero attached hydrogens (tertiary/aromatic N) is 1. The van der Waals surface area contributed by atoms with Crippen LogP contribution in [0.4, 0.5) is 4.79 Å². The van der Waals surface area contributed by atoms with Crippen molar-refractivity contribution >= 4 is 23.3 Å². The summed E-state index contributed by atoms with van der Waals surface area (Å²) in [7, 11) is 0. The molecule has 2 rings (SSSR count). The summed E-state index contributed by atoms with van der Waals surface area (Å²) >= 11 is 1.56. The highest BCUT2D eigenvalue weighted by atomic mass is 32.1. The van der Waals surface area contributed by atoms with Crippen molar-refractivity contribution in [3.8, 4) is 0 Å². The largest absolute Gasteiger partial charge is 0.481 e. The molecule has 3 N–H and O–H groups in total. The molecule has 110 valence electrons. The molecule has 0 atom stereocenters. The second-order valence-corrected chi connectivity index (χ2v) is 6.13. The number of carboxylic acid groups (broad SMARTS) is 1. The molecule has 1 aliphatic rings. The molecule has 0 saturated heterocycles. The molecule has 0 aromatic carbocycles. The number of urea groups is 1. The molecule has 1 aromatic heterocycles. The number of thiazole rings is 1. The highest BCUT2D eigenvalue weighted by Crippen LogP contribution is 2.24. The van der Waals surface area contributed by atoms with Crippen LogP contribution in [0.15, 0.2) is 5.38 Å². The Bertz CT molecular complexity index is 481. The molecule has 1 saturated carbocycles. The van der Waals surface area contributed by atoms with Gasteiger partial charge in [-0.1, -0.05) is 0 Å². The summed E-state index contributed by atoms with van der Waals surface area (Å²) in [5.74, 6) is -0.985. The summed E-state index contributed by atoms with van der Waals surface area (Å²) < 4.78 is 0. The molecule has 6 nitrogen and oxygen atoms in total. The van der Waals surface area contributed by atoms with E-state index < -0.39 is 5.97 Å². The van der Waals surface area contributed by atoms with E-state index in [9.17, 15) is 9.59 Å². The molecule has 1 heterocycles. The average molecular weight is 297 g/mol. The van der Waals surface area contributed by atoms with Crippen molar-refractivity contribution < 1.29 is 14.7 Å². The predicted octanol–water partition coefficient (Wildman–Crippen LogP) is 1.89. The van der Waals surface area contributed by atoms with Gasteiger partial charge in [0.25, 0.3) is 0 Å². The van der Waals surface area contributed by atoms with E-state index in [0.29, 0.717) is 19.4 Å². The zero-order valence-electron chi connectivity index (χ0n) is 11.4. The molecular weight excluding hydrogens is 278 g/mol. The first-order valence-corrected chi connectivity index (χ1v) is 7.60. The van der Waals surface area contributed by atoms with Gasteiger partial charge in [0.15, 0.2) is 0 Å². The van der Waals surface area contributed by atoms with Gasteiger partial charge in [-0.3, -0.25) is 4.79 Å². The molecular formula is C13H19N3O3S. The summed E-state index contributed by atoms with van der Waals surface area (Å²) in [6.45, 7) is 2.34. The zero-order chi connectivity index (χ0) is 14.5. The van der Waals surface area contributed by atoms with E-state index in [-0.39, 0.29) is 18.0 Å². The molecule has 0 spiro atoms. The monoisotopic (exact) mass is 297 g/mol. The van der Waals surface area contributed by atoms with Crippen LogP contribution < -0.4 is 10.6 Å². The Labute approximate surface area is 121 Å². The standard InChI is InChI=1S/C13H19N3O3S/c1-8-15-11(7-20-8)6-14-13(19)16-10-4-2-9(3-5-10)12(17)18/h7,9-10H,2-6H2,1H3,(H,17,18)(H2,14,16,19). The smallest absolute Gasteiger partial charge is 0.315 e. The Morgan fingerprint density at radius 1 is 1.40 bits per heavy atom. The van der Waals surface area contributed by atoms with Crippen LogP contribution in [0.3, 0.4) is 0 Å². The van der Waals surface area contributed by atoms with Crippen molar-refractivity contribution in [3.63, 3.8) is 0 Å². The minimum atomic E-state index is -0.730. The Balaban J connectivity index is 1.69. The lowest BCUT2D eigenvalue weighted by Gasteiger charge is -2.26. The SMILES string of the molecule is Cc1nc(CNC(=O)NC2CCC(C(=O)O)CC2)cs1. The molecule has 2 amide bonds. The Morgan fingerprint density at radius 2 is 2.10 bits per heavy atom. The van der Waals surface area contributed by atoms with E-state index in [4.69, 9.17) is 5.11 Å². The second-order valence-electron chi connectivity index (χ2n) is 5.07. The van der Waals surface area contributed by atoms with Crippen LogP contribution in [0.1, 0.15) is 36.4 Å². The highest BCUT2D eigenvalue weighted by Gasteiger charge is 2.26. The van der Waals surface area contributed by atoms with E-state index in [1.807, 2.05) is 12.3 Å². The number of hydrogen-bond acceptors (Lipinski definition) is 4. The Hall–Kier alpha value is -1.63. The van der Waals surface area contributed by atoms with E-state index in [1.54, 1.807) is 11.3 Å². The number of aliphatic carboxylic acids is 1. The van der Waals surface area contributed by atoms with Crippen LogP contribution in [-0.4, -0.2) is 28.1 Å². The topological polar surface area (TPSA) is 91.3 Å². The van der Waals surface area contributed by atoms with E-state index in [1.165, 1.54) is 0 Å². The normalized spacial score (nSPS) is 22.2. The molecule has 1 fully saturated rings. The number of hydrogen-bond donors (Lipinski definition) is 3. The van der Waals surface area contributed by atoms with Gasteiger partial charge in [-0.25, -0.2) is 9.78 Å². The van der Waals surface area contributed by atoms with Gasteiger partial charge in [-0.15, -0.1) is 11.3 Å². The van der Waals surface area contributed by atoms with Crippen molar-refractivity contribution in [2.45, 2.75) is 45.2 Å². The maximum Gasteiger partial charge on any atom is 0.315 e. The first-order chi connectivity index (χ1) is 9.54. The Kier molecular flexibility index (Phi) is 4.94. The fourth-order valence-corrected chi connectivity index (χ4v) is 2.99. The van der Waals surface area contributed by atoms with Crippen LogP contribution in [0.2, 0.25) is 0 Å². The van der Waals surface area contributed by atoms with Gasteiger partial charge < -0.3 is 15.7 Å². The third-order valence-corrected chi connectivity index (χ3v) is 4.33. The minimum Gasteiger partial charge on any atom is -0.481 e. The molecule has 7 heteroatoms. The maximum atomic E-state index is 11.7. The number of aryl methyl sites for hydroxylation is 1. The van der Waals surface area contributed by atoms with Gasteiger partial charge in [0, 0.05) is 11.4 Å². The fraction of sp³-hybridized carbons (Fsp3) is 0.615. The van der Waals surface area contributed by atoms with E-state index in [0.717, 1.165) is 23.5 Å². The number of nitrogens with one attached hydrogen (secondary N) is 2. The minimum absolute atomic E-state index is 0.0720. The lowest BCUT2D eigenvalue weighted by atomic mass is 9.86. The molecule has 20 heavy (non-hydrogen) atoms. The van der Waals surface area contributed by atoms with Crippen LogP contribution in [0.25, 0.3) is 0 Å². The summed E-state index contributed by atoms with van der Waals surface area (Å²) in [4.78, 5) is 26.9. The summed E-state index contributed by atoms with van der Waals surface area (Å²) in [5, 5.41) is 17.5. The van der Waals surface area contributed by atoms with Crippen LogP contribution in [0.5, 0.6) is 0 Å². The second kappa shape index (κ2) is 6.69. The lowest BCUT2D eigenvalue weighted by molar-refractivity contribution is -0.142. The molecule has 0 radical (unpaired) electrons. The van der Waals surface area contributed by atoms with Crippen LogP contribution in [-0.2, 0) is 11.3 Å². The van der Waals surface area contributed by atoms with E-state index >= 15 is 0 Å². The molecule has 0 unspecified atom stereocenters. The highest BCUT2D eigenvalue weighted by molar-refractivity contribution is 7.09. The van der Waals surface area contributed by atoms with Crippen molar-refractivity contribution in [2.75, 3.05) is 0 Å². The summed E-state index contributed by atoms with van der Waals surface area (Å²) in [5.41, 5.74) is 0.859. The third-order valence-electron chi connectivity index (χ3n) is 3.51. The number of rotatable bonds is 4. The molecule has 0 aliphatic heterocycles. The van der Waals surface area contributed by atoms with Gasteiger partial charge in [-0.2, -0.15) is 0 Å². The number of carbonyl (C=O) groups is 2. The number of carbonyl (C=O) groups excluding carboxylic acids is 1. The van der Waals surface area contributed by atoms with Crippen molar-refractivity contribution in [1.82, 2.24) is 15.6 Å². The van der Waals surface area contributed by atoms with Crippen molar-refractivity contribution in [3.05, 3.63) is 16.1 Å². The third kappa shape index (κ3) is 4.19. The first-order valence-electron chi connectivity index (χ1n) is 6.73. The zero-order valence-corrected chi connectivity index (χ0v) is 12.2. The van der Waals surface area contributed by atoms with Gasteiger partial charge in [0.2, 0.25) is 0 Å². The fourth-order valence-electron chi connectivity index (χ4n) is 2.38. The van der Waals surface area contributed by atoms with Crippen LogP contribution in [0, 0.1) is 12.8 Å². The molecule has 0 bridgehead atoms. The molecule has 1 aromatic rings. The van der Waals surface area contributed by atoms with Gasteiger partial charge in [-0.05, 0) is 32.6 Å². The van der Waals surface area contributed by atoms with Crippen molar-refractivity contribution in [1.29, 1.82) is 0 Å². The van der Waals surface area contributed by atoms with Crippen molar-refractivity contribution in [2.24, 2.45) is 5.92 Å². The summed E-state index contributed by atoms with van der Waals surface area (Å²) in [6.07, 6.45) is 2.71. The van der Waals surface area contributed by atoms with Gasteiger partial charge >= 0.3 is 12.0 Å². The van der Waals surface area contributed by atoms with Crippen LogP contribution >= 0.6 is 11.3 Å².